The van der Waals surface area contributed by atoms with E-state index < -0.39 is 5.82 Å². The minimum absolute atomic E-state index is 0.0464. The summed E-state index contributed by atoms with van der Waals surface area (Å²) < 4.78 is 17.7. The molecule has 0 saturated carbocycles. The van der Waals surface area contributed by atoms with E-state index in [9.17, 15) is 4.39 Å². The van der Waals surface area contributed by atoms with Crippen LogP contribution in [0.4, 0.5) is 10.1 Å². The van der Waals surface area contributed by atoms with Crippen LogP contribution in [0.5, 0.6) is 5.75 Å². The first-order chi connectivity index (χ1) is 6.15. The van der Waals surface area contributed by atoms with Crippen molar-refractivity contribution in [3.05, 3.63) is 23.0 Å². The van der Waals surface area contributed by atoms with Gasteiger partial charge in [-0.15, -0.1) is 6.42 Å². The van der Waals surface area contributed by atoms with Gasteiger partial charge in [0.15, 0.2) is 0 Å². The number of halogens is 2. The predicted octanol–water partition coefficient (Wildman–Crippen LogP) is 2.41. The van der Waals surface area contributed by atoms with Crippen LogP contribution in [-0.2, 0) is 0 Å². The molecule has 4 heteroatoms. The maximum absolute atomic E-state index is 12.7. The highest BCUT2D eigenvalue weighted by Gasteiger charge is 2.06. The second-order valence-corrected chi connectivity index (χ2v) is 2.66. The van der Waals surface area contributed by atoms with Gasteiger partial charge in [0.05, 0.1) is 10.7 Å². The normalized spacial score (nSPS) is 9.31. The van der Waals surface area contributed by atoms with Gasteiger partial charge in [-0.05, 0) is 6.07 Å². The smallest absolute Gasteiger partial charge is 0.149 e. The first kappa shape index (κ1) is 9.69. The highest BCUT2D eigenvalue weighted by atomic mass is 35.5. The fraction of sp³-hybridized carbons (Fsp3) is 0.111. The minimum Gasteiger partial charge on any atom is -0.479 e. The van der Waals surface area contributed by atoms with Crippen molar-refractivity contribution >= 4 is 17.3 Å². The standard InChI is InChI=1S/C9H6ClFNO/c1-2-3-13-9-5-8(12)7(11)4-6(9)10/h1,4-5,12H,3H2. The van der Waals surface area contributed by atoms with Gasteiger partial charge in [-0.25, -0.2) is 4.39 Å². The lowest BCUT2D eigenvalue weighted by molar-refractivity contribution is 0.370. The van der Waals surface area contributed by atoms with E-state index >= 15 is 0 Å². The Morgan fingerprint density at radius 3 is 2.92 bits per heavy atom. The van der Waals surface area contributed by atoms with Crippen molar-refractivity contribution in [3.63, 3.8) is 0 Å². The molecule has 0 saturated heterocycles. The molecule has 1 aromatic rings. The van der Waals surface area contributed by atoms with Crippen molar-refractivity contribution in [1.29, 1.82) is 0 Å². The van der Waals surface area contributed by atoms with Crippen molar-refractivity contribution in [1.82, 2.24) is 5.73 Å². The maximum Gasteiger partial charge on any atom is 0.149 e. The summed E-state index contributed by atoms with van der Waals surface area (Å²) >= 11 is 5.62. The molecule has 0 aliphatic heterocycles. The molecule has 0 bridgehead atoms. The summed E-state index contributed by atoms with van der Waals surface area (Å²) in [5.74, 6) is 1.79. The summed E-state index contributed by atoms with van der Waals surface area (Å²) in [5, 5.41) is 0.115. The van der Waals surface area contributed by atoms with Crippen molar-refractivity contribution in [2.75, 3.05) is 6.61 Å². The van der Waals surface area contributed by atoms with Crippen molar-refractivity contribution < 1.29 is 9.13 Å². The van der Waals surface area contributed by atoms with Crippen LogP contribution >= 0.6 is 11.6 Å². The van der Waals surface area contributed by atoms with E-state index in [1.807, 2.05) is 0 Å². The van der Waals surface area contributed by atoms with Crippen molar-refractivity contribution in [2.24, 2.45) is 0 Å². The Bertz CT molecular complexity index is 359. The van der Waals surface area contributed by atoms with Crippen LogP contribution < -0.4 is 10.5 Å². The summed E-state index contributed by atoms with van der Waals surface area (Å²) in [6.07, 6.45) is 4.96. The Morgan fingerprint density at radius 2 is 2.31 bits per heavy atom. The monoisotopic (exact) mass is 198 g/mol. The van der Waals surface area contributed by atoms with Crippen LogP contribution in [0.2, 0.25) is 5.02 Å². The van der Waals surface area contributed by atoms with E-state index in [-0.39, 0.29) is 23.1 Å². The quantitative estimate of drug-likeness (QED) is 0.672. The summed E-state index contributed by atoms with van der Waals surface area (Å²) in [4.78, 5) is 0. The molecule has 0 aromatic heterocycles. The van der Waals surface area contributed by atoms with Crippen LogP contribution in [-0.4, -0.2) is 6.61 Å². The van der Waals surface area contributed by atoms with E-state index in [0.717, 1.165) is 6.07 Å². The molecule has 0 spiro atoms. The number of hydrogen-bond acceptors (Lipinski definition) is 1. The fourth-order valence-electron chi connectivity index (χ4n) is 0.759. The Kier molecular flexibility index (Phi) is 2.99. The summed E-state index contributed by atoms with van der Waals surface area (Å²) in [5.41, 5.74) is 6.86. The number of benzene rings is 1. The summed E-state index contributed by atoms with van der Waals surface area (Å²) in [6.45, 7) is 0.0464. The van der Waals surface area contributed by atoms with Crippen molar-refractivity contribution in [3.8, 4) is 18.1 Å². The second-order valence-electron chi connectivity index (χ2n) is 2.26. The van der Waals surface area contributed by atoms with Gasteiger partial charge < -0.3 is 4.74 Å². The zero-order valence-corrected chi connectivity index (χ0v) is 7.36. The van der Waals surface area contributed by atoms with Gasteiger partial charge in [-0.3, -0.25) is 5.73 Å². The molecule has 0 fully saturated rings. The number of ether oxygens (including phenoxy) is 1. The van der Waals surface area contributed by atoms with Gasteiger partial charge in [-0.1, -0.05) is 17.5 Å². The molecule has 1 N–H and O–H groups in total. The average Bonchev–Trinajstić information content (AvgIpc) is 2.09. The lowest BCUT2D eigenvalue weighted by atomic mass is 10.3. The van der Waals surface area contributed by atoms with Crippen molar-refractivity contribution in [2.45, 2.75) is 0 Å². The van der Waals surface area contributed by atoms with Gasteiger partial charge >= 0.3 is 0 Å². The minimum atomic E-state index is -0.682. The van der Waals surface area contributed by atoms with Crippen LogP contribution in [0.25, 0.3) is 0 Å². The summed E-state index contributed by atoms with van der Waals surface area (Å²) in [6, 6.07) is 2.21. The number of rotatable bonds is 2. The van der Waals surface area contributed by atoms with Crippen LogP contribution in [0.1, 0.15) is 0 Å². The number of hydrogen-bond donors (Lipinski definition) is 0. The lowest BCUT2D eigenvalue weighted by Crippen LogP contribution is -1.95. The van der Waals surface area contributed by atoms with E-state index in [0.29, 0.717) is 0 Å². The highest BCUT2D eigenvalue weighted by Crippen LogP contribution is 2.29. The maximum atomic E-state index is 12.7. The third-order valence-corrected chi connectivity index (χ3v) is 1.63. The SMILES string of the molecule is C#CCOc1cc([NH])c(F)cc1Cl. The zero-order valence-electron chi connectivity index (χ0n) is 6.60. The topological polar surface area (TPSA) is 33.0 Å². The Balaban J connectivity index is 2.96. The summed E-state index contributed by atoms with van der Waals surface area (Å²) in [7, 11) is 0. The van der Waals surface area contributed by atoms with E-state index in [2.05, 4.69) is 5.92 Å². The Morgan fingerprint density at radius 1 is 1.62 bits per heavy atom. The number of terminal acetylenes is 1. The zero-order chi connectivity index (χ0) is 9.84. The lowest BCUT2D eigenvalue weighted by Gasteiger charge is -2.05. The molecule has 1 aromatic carbocycles. The molecular weight excluding hydrogens is 193 g/mol. The third-order valence-electron chi connectivity index (χ3n) is 1.33. The first-order valence-electron chi connectivity index (χ1n) is 3.42. The van der Waals surface area contributed by atoms with Crippen LogP contribution in [0, 0.1) is 18.2 Å². The van der Waals surface area contributed by atoms with Gasteiger partial charge in [0.2, 0.25) is 0 Å². The predicted molar refractivity (Wildman–Crippen MR) is 48.5 cm³/mol. The van der Waals surface area contributed by atoms with Crippen LogP contribution in [0.15, 0.2) is 12.1 Å². The molecule has 0 atom stereocenters. The molecular formula is C9H6ClFNO. The third kappa shape index (κ3) is 2.27. The van der Waals surface area contributed by atoms with E-state index in [4.69, 9.17) is 28.5 Å². The molecule has 1 radical (unpaired) electrons. The molecule has 0 unspecified atom stereocenters. The fourth-order valence-corrected chi connectivity index (χ4v) is 0.964. The Hall–Kier alpha value is -1.40. The molecule has 13 heavy (non-hydrogen) atoms. The van der Waals surface area contributed by atoms with Gasteiger partial charge in [0.1, 0.15) is 18.2 Å². The average molecular weight is 199 g/mol. The van der Waals surface area contributed by atoms with Gasteiger partial charge in [0.25, 0.3) is 0 Å². The molecule has 0 aliphatic rings. The van der Waals surface area contributed by atoms with Crippen LogP contribution in [0.3, 0.4) is 0 Å². The molecule has 0 aliphatic carbocycles. The molecule has 2 nitrogen and oxygen atoms in total. The molecule has 67 valence electrons. The largest absolute Gasteiger partial charge is 0.479 e. The number of nitrogens with one attached hydrogen (secondary N) is 1. The molecule has 1 rings (SSSR count). The first-order valence-corrected chi connectivity index (χ1v) is 3.80. The van der Waals surface area contributed by atoms with E-state index in [1.54, 1.807) is 0 Å². The van der Waals surface area contributed by atoms with E-state index in [1.165, 1.54) is 6.07 Å². The second kappa shape index (κ2) is 4.01. The van der Waals surface area contributed by atoms with Gasteiger partial charge in [0, 0.05) is 6.07 Å². The molecule has 0 amide bonds. The Labute approximate surface area is 80.4 Å². The van der Waals surface area contributed by atoms with Gasteiger partial charge in [-0.2, -0.15) is 0 Å². The molecule has 0 heterocycles. The highest BCUT2D eigenvalue weighted by molar-refractivity contribution is 6.32.